The molecule has 0 fully saturated rings. The van der Waals surface area contributed by atoms with Crippen molar-refractivity contribution < 1.29 is 14.3 Å². The van der Waals surface area contributed by atoms with Crippen molar-refractivity contribution >= 4 is 34.3 Å². The van der Waals surface area contributed by atoms with Gasteiger partial charge in [0.25, 0.3) is 5.56 Å². The Morgan fingerprint density at radius 3 is 2.61 bits per heavy atom. The number of amidine groups is 1. The zero-order valence-electron chi connectivity index (χ0n) is 20.5. The predicted octanol–water partition coefficient (Wildman–Crippen LogP) is 3.62. The first-order chi connectivity index (χ1) is 17.4. The molecule has 0 atom stereocenters. The first kappa shape index (κ1) is 25.2. The molecule has 188 valence electrons. The van der Waals surface area contributed by atoms with Crippen LogP contribution < -0.4 is 11.3 Å². The van der Waals surface area contributed by atoms with Gasteiger partial charge in [0.1, 0.15) is 11.7 Å². The van der Waals surface area contributed by atoms with E-state index < -0.39 is 5.82 Å². The number of aromatic nitrogens is 2. The van der Waals surface area contributed by atoms with Crippen LogP contribution in [0.25, 0.3) is 28.0 Å². The number of carbonyl (C=O) groups is 1. The highest BCUT2D eigenvalue weighted by Gasteiger charge is 2.23. The molecule has 0 spiro atoms. The van der Waals surface area contributed by atoms with E-state index in [1.54, 1.807) is 41.4 Å². The third kappa shape index (κ3) is 5.06. The maximum atomic E-state index is 15.4. The highest BCUT2D eigenvalue weighted by atomic mass is 19.1. The third-order valence-electron chi connectivity index (χ3n) is 6.11. The quantitative estimate of drug-likeness (QED) is 0.500. The Hall–Kier alpha value is -3.85. The number of aliphatic imine (C=N–C) groups is 1. The van der Waals surface area contributed by atoms with Gasteiger partial charge in [-0.2, -0.15) is 5.10 Å². The second-order valence-electron chi connectivity index (χ2n) is 8.83. The van der Waals surface area contributed by atoms with Crippen LogP contribution in [0.15, 0.2) is 51.9 Å². The molecule has 0 aliphatic carbocycles. The molecule has 1 aliphatic rings. The molecule has 9 heteroatoms. The maximum absolute atomic E-state index is 15.4. The van der Waals surface area contributed by atoms with E-state index in [0.717, 1.165) is 12.8 Å². The van der Waals surface area contributed by atoms with Crippen molar-refractivity contribution in [2.24, 2.45) is 10.7 Å². The average Bonchev–Trinajstić information content (AvgIpc) is 3.03. The number of benzene rings is 2. The van der Waals surface area contributed by atoms with Gasteiger partial charge in [0, 0.05) is 36.0 Å². The Kier molecular flexibility index (Phi) is 7.59. The van der Waals surface area contributed by atoms with Gasteiger partial charge in [-0.25, -0.2) is 14.1 Å². The Morgan fingerprint density at radius 1 is 1.17 bits per heavy atom. The minimum absolute atomic E-state index is 0.110. The summed E-state index contributed by atoms with van der Waals surface area (Å²) in [7, 11) is 0. The summed E-state index contributed by atoms with van der Waals surface area (Å²) in [6.45, 7) is 5.19. The molecule has 0 saturated heterocycles. The van der Waals surface area contributed by atoms with Crippen molar-refractivity contribution in [3.8, 4) is 11.1 Å². The molecular formula is C27H30FN5O3. The van der Waals surface area contributed by atoms with Gasteiger partial charge in [-0.1, -0.05) is 19.9 Å². The number of nitrogens with two attached hydrogens (primary N) is 1. The van der Waals surface area contributed by atoms with Crippen molar-refractivity contribution in [1.29, 1.82) is 0 Å². The number of nitrogens with zero attached hydrogens (tertiary/aromatic N) is 4. The predicted molar refractivity (Wildman–Crippen MR) is 140 cm³/mol. The fraction of sp³-hybridized carbons (Fsp3) is 0.333. The summed E-state index contributed by atoms with van der Waals surface area (Å²) >= 11 is 0. The molecule has 36 heavy (non-hydrogen) atoms. The topological polar surface area (TPSA) is 114 Å². The monoisotopic (exact) mass is 491 g/mol. The van der Waals surface area contributed by atoms with Gasteiger partial charge < -0.3 is 15.7 Å². The van der Waals surface area contributed by atoms with Crippen LogP contribution in [0.5, 0.6) is 0 Å². The van der Waals surface area contributed by atoms with Crippen LogP contribution >= 0.6 is 0 Å². The van der Waals surface area contributed by atoms with E-state index in [0.29, 0.717) is 46.2 Å². The number of aliphatic hydroxyl groups excluding tert-OH is 1. The average molecular weight is 492 g/mol. The smallest absolute Gasteiger partial charge is 0.274 e. The Balaban J connectivity index is 1.75. The van der Waals surface area contributed by atoms with Crippen molar-refractivity contribution in [3.63, 3.8) is 0 Å². The first-order valence-corrected chi connectivity index (χ1v) is 12.1. The number of aliphatic hydroxyl groups is 1. The molecule has 8 nitrogen and oxygen atoms in total. The van der Waals surface area contributed by atoms with E-state index in [4.69, 9.17) is 10.8 Å². The zero-order chi connectivity index (χ0) is 25.8. The summed E-state index contributed by atoms with van der Waals surface area (Å²) in [6.07, 6.45) is 4.91. The number of rotatable bonds is 8. The second-order valence-corrected chi connectivity index (χ2v) is 8.83. The van der Waals surface area contributed by atoms with Gasteiger partial charge in [0.2, 0.25) is 5.91 Å². The lowest BCUT2D eigenvalue weighted by Crippen LogP contribution is -2.34. The molecule has 1 aromatic heterocycles. The van der Waals surface area contributed by atoms with Crippen LogP contribution in [0.3, 0.4) is 0 Å². The molecule has 1 aliphatic heterocycles. The number of amides is 1. The van der Waals surface area contributed by atoms with Crippen LogP contribution in [0.2, 0.25) is 0 Å². The highest BCUT2D eigenvalue weighted by Crippen LogP contribution is 2.35. The van der Waals surface area contributed by atoms with Crippen LogP contribution in [-0.4, -0.2) is 51.2 Å². The highest BCUT2D eigenvalue weighted by molar-refractivity contribution is 6.05. The minimum Gasteiger partial charge on any atom is -0.394 e. The SMILES string of the molecule is CCCN(CCC)C(=O)C1=Cc2c(F)cc(-c3ccc4c(=O)n(CCO)ncc4c3)cc2N=C(N)C1. The lowest BCUT2D eigenvalue weighted by molar-refractivity contribution is -0.127. The van der Waals surface area contributed by atoms with Crippen LogP contribution in [0, 0.1) is 5.82 Å². The van der Waals surface area contributed by atoms with Gasteiger partial charge in [-0.05, 0) is 54.3 Å². The first-order valence-electron chi connectivity index (χ1n) is 12.1. The number of hydrogen-bond donors (Lipinski definition) is 2. The van der Waals surface area contributed by atoms with Gasteiger partial charge >= 0.3 is 0 Å². The van der Waals surface area contributed by atoms with Gasteiger partial charge in [0.15, 0.2) is 0 Å². The Morgan fingerprint density at radius 2 is 1.92 bits per heavy atom. The summed E-state index contributed by atoms with van der Waals surface area (Å²) in [5, 5.41) is 14.3. The summed E-state index contributed by atoms with van der Waals surface area (Å²) in [5.74, 6) is -0.424. The Bertz CT molecular complexity index is 1420. The third-order valence-corrected chi connectivity index (χ3v) is 6.11. The molecule has 0 unspecified atom stereocenters. The largest absolute Gasteiger partial charge is 0.394 e. The molecule has 0 saturated carbocycles. The Labute approximate surface area is 208 Å². The molecule has 2 heterocycles. The fourth-order valence-corrected chi connectivity index (χ4v) is 4.44. The summed E-state index contributed by atoms with van der Waals surface area (Å²) in [5.41, 5.74) is 8.07. The molecule has 0 radical (unpaired) electrons. The van der Waals surface area contributed by atoms with E-state index in [-0.39, 0.29) is 42.4 Å². The molecule has 0 bridgehead atoms. The number of halogens is 1. The summed E-state index contributed by atoms with van der Waals surface area (Å²) in [6, 6.07) is 8.28. The van der Waals surface area contributed by atoms with Crippen molar-refractivity contribution in [1.82, 2.24) is 14.7 Å². The number of hydrogen-bond acceptors (Lipinski definition) is 6. The van der Waals surface area contributed by atoms with E-state index in [9.17, 15) is 9.59 Å². The van der Waals surface area contributed by atoms with Gasteiger partial charge in [0.05, 0.1) is 30.4 Å². The van der Waals surface area contributed by atoms with Crippen molar-refractivity contribution in [2.45, 2.75) is 39.7 Å². The lowest BCUT2D eigenvalue weighted by atomic mass is 9.98. The van der Waals surface area contributed by atoms with E-state index in [1.807, 2.05) is 13.8 Å². The number of carbonyl (C=O) groups excluding carboxylic acids is 1. The zero-order valence-corrected chi connectivity index (χ0v) is 20.5. The normalized spacial score (nSPS) is 13.1. The van der Waals surface area contributed by atoms with Gasteiger partial charge in [-0.15, -0.1) is 0 Å². The standard InChI is InChI=1S/C27H30FN5O3/c1-3-7-32(8-4-2)26(35)19-12-22-23(28)13-18(14-24(22)31-25(29)15-19)17-5-6-21-20(11-17)16-30-33(9-10-34)27(21)36/h5-6,11-14,16,34H,3-4,7-10,15H2,1-2H3,(H2,29,31). The second kappa shape index (κ2) is 10.8. The van der Waals surface area contributed by atoms with Crippen LogP contribution in [0.4, 0.5) is 10.1 Å². The molecular weight excluding hydrogens is 461 g/mol. The van der Waals surface area contributed by atoms with E-state index in [1.165, 1.54) is 10.7 Å². The number of fused-ring (bicyclic) bond motifs is 2. The van der Waals surface area contributed by atoms with Gasteiger partial charge in [-0.3, -0.25) is 9.59 Å². The molecule has 3 aromatic rings. The fourth-order valence-electron chi connectivity index (χ4n) is 4.44. The van der Waals surface area contributed by atoms with E-state index >= 15 is 4.39 Å². The molecule has 2 aromatic carbocycles. The molecule has 3 N–H and O–H groups in total. The maximum Gasteiger partial charge on any atom is 0.274 e. The van der Waals surface area contributed by atoms with Crippen LogP contribution in [-0.2, 0) is 11.3 Å². The minimum atomic E-state index is -0.514. The van der Waals surface area contributed by atoms with Crippen molar-refractivity contribution in [3.05, 3.63) is 63.8 Å². The van der Waals surface area contributed by atoms with E-state index in [2.05, 4.69) is 10.1 Å². The summed E-state index contributed by atoms with van der Waals surface area (Å²) < 4.78 is 16.6. The van der Waals surface area contributed by atoms with Crippen LogP contribution in [0.1, 0.15) is 38.7 Å². The van der Waals surface area contributed by atoms with Crippen molar-refractivity contribution in [2.75, 3.05) is 19.7 Å². The molecule has 4 rings (SSSR count). The summed E-state index contributed by atoms with van der Waals surface area (Å²) in [4.78, 5) is 31.9. The molecule has 1 amide bonds. The lowest BCUT2D eigenvalue weighted by Gasteiger charge is -2.22.